The molecule has 4 rings (SSSR count). The number of aliphatic hydroxyl groups excluding tert-OH is 1. The van der Waals surface area contributed by atoms with Gasteiger partial charge in [-0.2, -0.15) is 0 Å². The van der Waals surface area contributed by atoms with Crippen molar-refractivity contribution in [3.8, 4) is 0 Å². The fourth-order valence-electron chi connectivity index (χ4n) is 8.24. The predicted molar refractivity (Wildman–Crippen MR) is 103 cm³/mol. The molecular formula is C23H36O3. The van der Waals surface area contributed by atoms with Gasteiger partial charge in [0.1, 0.15) is 5.78 Å². The molecule has 1 N–H and O–H groups in total. The molecule has 0 aromatic rings. The molecule has 4 fully saturated rings. The van der Waals surface area contributed by atoms with Crippen molar-refractivity contribution >= 4 is 5.78 Å². The number of methoxy groups -OCH3 is 1. The zero-order chi connectivity index (χ0) is 18.7. The van der Waals surface area contributed by atoms with Crippen LogP contribution in [0.25, 0.3) is 0 Å². The third-order valence-electron chi connectivity index (χ3n) is 9.48. The van der Waals surface area contributed by atoms with Crippen LogP contribution in [0.1, 0.15) is 65.2 Å². The van der Waals surface area contributed by atoms with E-state index < -0.39 is 0 Å². The van der Waals surface area contributed by atoms with Crippen LogP contribution in [-0.4, -0.2) is 30.2 Å². The van der Waals surface area contributed by atoms with E-state index in [-0.39, 0.29) is 23.0 Å². The number of allylic oxidation sites excluding steroid dienone is 1. The molecule has 0 saturated heterocycles. The lowest BCUT2D eigenvalue weighted by Crippen LogP contribution is -2.58. The van der Waals surface area contributed by atoms with Crippen molar-refractivity contribution < 1.29 is 14.6 Å². The molecule has 0 heterocycles. The van der Waals surface area contributed by atoms with Crippen LogP contribution in [0.15, 0.2) is 12.7 Å². The highest BCUT2D eigenvalue weighted by atomic mass is 16.5. The molecule has 26 heavy (non-hydrogen) atoms. The maximum atomic E-state index is 12.8. The summed E-state index contributed by atoms with van der Waals surface area (Å²) in [7, 11) is 1.74. The van der Waals surface area contributed by atoms with Gasteiger partial charge in [-0.15, -0.1) is 6.58 Å². The Labute approximate surface area is 158 Å². The van der Waals surface area contributed by atoms with E-state index in [1.807, 2.05) is 6.92 Å². The van der Waals surface area contributed by atoms with E-state index in [1.165, 1.54) is 19.3 Å². The van der Waals surface area contributed by atoms with Crippen molar-refractivity contribution in [2.75, 3.05) is 7.11 Å². The Kier molecular flexibility index (Phi) is 4.63. The van der Waals surface area contributed by atoms with E-state index in [9.17, 15) is 9.90 Å². The average Bonchev–Trinajstić information content (AvgIpc) is 3.02. The third kappa shape index (κ3) is 2.35. The van der Waals surface area contributed by atoms with Gasteiger partial charge in [-0.3, -0.25) is 4.79 Å². The Morgan fingerprint density at radius 3 is 2.62 bits per heavy atom. The maximum Gasteiger partial charge on any atom is 0.136 e. The Morgan fingerprint density at radius 2 is 1.96 bits per heavy atom. The Bertz CT molecular complexity index is 586. The normalized spacial score (nSPS) is 53.3. The first-order chi connectivity index (χ1) is 12.4. The molecule has 0 aliphatic heterocycles. The zero-order valence-electron chi connectivity index (χ0n) is 16.7. The summed E-state index contributed by atoms with van der Waals surface area (Å²) < 4.78 is 5.66. The second kappa shape index (κ2) is 6.44. The molecule has 0 aromatic heterocycles. The smallest absolute Gasteiger partial charge is 0.136 e. The van der Waals surface area contributed by atoms with Crippen molar-refractivity contribution in [3.05, 3.63) is 12.7 Å². The molecule has 3 nitrogen and oxygen atoms in total. The maximum absolute atomic E-state index is 12.8. The van der Waals surface area contributed by atoms with Gasteiger partial charge in [0.05, 0.1) is 12.2 Å². The SMILES string of the molecule is C=CC1CC[C@H]2[C@@H]3CC[C@H]4C[C@H](O)[C@@H](OC)C[C@]4(C)[C@H]3CCC12C(C)=O. The molecule has 2 unspecified atom stereocenters. The lowest BCUT2D eigenvalue weighted by molar-refractivity contribution is -0.171. The molecule has 146 valence electrons. The fraction of sp³-hybridized carbons (Fsp3) is 0.870. The molecule has 0 radical (unpaired) electrons. The molecule has 0 bridgehead atoms. The summed E-state index contributed by atoms with van der Waals surface area (Å²) >= 11 is 0. The van der Waals surface area contributed by atoms with Gasteiger partial charge in [0, 0.05) is 12.5 Å². The van der Waals surface area contributed by atoms with Crippen molar-refractivity contribution in [2.45, 2.75) is 77.4 Å². The van der Waals surface area contributed by atoms with Crippen molar-refractivity contribution in [1.82, 2.24) is 0 Å². The summed E-state index contributed by atoms with van der Waals surface area (Å²) in [5.41, 5.74) is 0.110. The quantitative estimate of drug-likeness (QED) is 0.760. The number of ketones is 1. The van der Waals surface area contributed by atoms with Gasteiger partial charge in [0.25, 0.3) is 0 Å². The van der Waals surface area contributed by atoms with Crippen LogP contribution in [0.2, 0.25) is 0 Å². The van der Waals surface area contributed by atoms with Gasteiger partial charge in [-0.25, -0.2) is 0 Å². The molecule has 4 saturated carbocycles. The predicted octanol–water partition coefficient (Wildman–Crippen LogP) is 4.39. The summed E-state index contributed by atoms with van der Waals surface area (Å²) in [6, 6.07) is 0. The van der Waals surface area contributed by atoms with E-state index in [1.54, 1.807) is 7.11 Å². The van der Waals surface area contributed by atoms with Gasteiger partial charge in [0.2, 0.25) is 0 Å². The second-order valence-electron chi connectivity index (χ2n) is 9.99. The highest BCUT2D eigenvalue weighted by molar-refractivity contribution is 5.84. The van der Waals surface area contributed by atoms with E-state index >= 15 is 0 Å². The first kappa shape index (κ1) is 18.7. The lowest BCUT2D eigenvalue weighted by atomic mass is 9.43. The van der Waals surface area contributed by atoms with Crippen LogP contribution >= 0.6 is 0 Å². The number of carbonyl (C=O) groups is 1. The molecule has 4 aliphatic rings. The molecular weight excluding hydrogens is 324 g/mol. The van der Waals surface area contributed by atoms with Gasteiger partial charge < -0.3 is 9.84 Å². The minimum absolute atomic E-state index is 0.0287. The van der Waals surface area contributed by atoms with E-state index in [0.717, 1.165) is 32.1 Å². The van der Waals surface area contributed by atoms with Crippen molar-refractivity contribution in [3.63, 3.8) is 0 Å². The largest absolute Gasteiger partial charge is 0.390 e. The van der Waals surface area contributed by atoms with Crippen LogP contribution in [0, 0.1) is 40.4 Å². The Hall–Kier alpha value is -0.670. The minimum atomic E-state index is -0.314. The number of carbonyl (C=O) groups excluding carboxylic acids is 1. The van der Waals surface area contributed by atoms with Gasteiger partial charge >= 0.3 is 0 Å². The Balaban J connectivity index is 1.66. The summed E-state index contributed by atoms with van der Waals surface area (Å²) in [4.78, 5) is 12.8. The lowest BCUT2D eigenvalue weighted by Gasteiger charge is -2.61. The van der Waals surface area contributed by atoms with E-state index in [2.05, 4.69) is 19.6 Å². The fourth-order valence-corrected chi connectivity index (χ4v) is 8.24. The number of hydrogen-bond acceptors (Lipinski definition) is 3. The standard InChI is InChI=1S/C23H36O3/c1-5-15-7-9-19-17-8-6-16-12-20(25)21(26-4)13-22(16,3)18(17)10-11-23(15,19)14(2)24/h5,15-21,25H,1,6-13H2,2-4H3/t15?,16-,17+,18-,19-,20-,21-,22-,23?/m0/s1. The van der Waals surface area contributed by atoms with Gasteiger partial charge in [-0.05, 0) is 93.3 Å². The van der Waals surface area contributed by atoms with Crippen molar-refractivity contribution in [2.24, 2.45) is 40.4 Å². The average molecular weight is 361 g/mol. The third-order valence-corrected chi connectivity index (χ3v) is 9.48. The molecule has 0 amide bonds. The van der Waals surface area contributed by atoms with Crippen LogP contribution in [-0.2, 0) is 9.53 Å². The molecule has 0 spiro atoms. The molecule has 9 atom stereocenters. The first-order valence-corrected chi connectivity index (χ1v) is 10.7. The number of aliphatic hydroxyl groups is 1. The zero-order valence-corrected chi connectivity index (χ0v) is 16.7. The number of rotatable bonds is 3. The van der Waals surface area contributed by atoms with Crippen LogP contribution in [0.3, 0.4) is 0 Å². The first-order valence-electron chi connectivity index (χ1n) is 10.7. The molecule has 0 aromatic carbocycles. The van der Waals surface area contributed by atoms with E-state index in [0.29, 0.717) is 35.4 Å². The summed E-state index contributed by atoms with van der Waals surface area (Å²) in [5, 5.41) is 10.5. The number of ether oxygens (including phenoxy) is 1. The number of fused-ring (bicyclic) bond motifs is 5. The summed E-state index contributed by atoms with van der Waals surface area (Å²) in [6.45, 7) is 8.38. The number of hydrogen-bond donors (Lipinski definition) is 1. The molecule has 3 heteroatoms. The summed E-state index contributed by atoms with van der Waals surface area (Å²) in [5.74, 6) is 3.25. The van der Waals surface area contributed by atoms with Gasteiger partial charge in [-0.1, -0.05) is 13.0 Å². The Morgan fingerprint density at radius 1 is 1.19 bits per heavy atom. The number of Topliss-reactive ketones (excluding diaryl/α,β-unsaturated/α-hetero) is 1. The highest BCUT2D eigenvalue weighted by Crippen LogP contribution is 2.68. The molecule has 4 aliphatic carbocycles. The van der Waals surface area contributed by atoms with E-state index in [4.69, 9.17) is 4.74 Å². The monoisotopic (exact) mass is 360 g/mol. The summed E-state index contributed by atoms with van der Waals surface area (Å²) in [6.07, 6.45) is 10.5. The highest BCUT2D eigenvalue weighted by Gasteiger charge is 2.63. The van der Waals surface area contributed by atoms with Crippen LogP contribution in [0.5, 0.6) is 0 Å². The topological polar surface area (TPSA) is 46.5 Å². The van der Waals surface area contributed by atoms with Crippen LogP contribution < -0.4 is 0 Å². The van der Waals surface area contributed by atoms with Crippen LogP contribution in [0.4, 0.5) is 0 Å². The van der Waals surface area contributed by atoms with Crippen molar-refractivity contribution in [1.29, 1.82) is 0 Å². The minimum Gasteiger partial charge on any atom is -0.390 e. The van der Waals surface area contributed by atoms with Gasteiger partial charge in [0.15, 0.2) is 0 Å². The second-order valence-corrected chi connectivity index (χ2v) is 9.99.